The number of anilines is 1. The number of benzene rings is 1. The lowest BCUT2D eigenvalue weighted by Gasteiger charge is -2.10. The maximum absolute atomic E-state index is 10.8. The van der Waals surface area contributed by atoms with Gasteiger partial charge in [-0.1, -0.05) is 17.7 Å². The number of pyridine rings is 1. The van der Waals surface area contributed by atoms with E-state index >= 15 is 0 Å². The standard InChI is InChI=1S/C14H14ClN3O2/c1-9-6-14(18(19)20)12(15)7-13(9)16-8-11-5-3-4-10(2)17-11/h3-7,16H,8H2,1-2H3. The van der Waals surface area contributed by atoms with Crippen LogP contribution in [0.2, 0.25) is 5.02 Å². The Labute approximate surface area is 121 Å². The van der Waals surface area contributed by atoms with Crippen LogP contribution in [0, 0.1) is 24.0 Å². The molecule has 0 aliphatic carbocycles. The predicted octanol–water partition coefficient (Wildman–Crippen LogP) is 3.87. The number of nitro benzene ring substituents is 1. The van der Waals surface area contributed by atoms with Crippen LogP contribution in [-0.4, -0.2) is 9.91 Å². The van der Waals surface area contributed by atoms with Crippen LogP contribution in [0.25, 0.3) is 0 Å². The van der Waals surface area contributed by atoms with E-state index in [0.717, 1.165) is 22.6 Å². The second kappa shape index (κ2) is 5.88. The molecule has 0 fully saturated rings. The van der Waals surface area contributed by atoms with Gasteiger partial charge in [0.15, 0.2) is 0 Å². The minimum atomic E-state index is -0.485. The largest absolute Gasteiger partial charge is 0.379 e. The number of nitro groups is 1. The lowest BCUT2D eigenvalue weighted by molar-refractivity contribution is -0.384. The molecule has 0 aliphatic rings. The quantitative estimate of drug-likeness (QED) is 0.686. The Morgan fingerprint density at radius 2 is 2.10 bits per heavy atom. The van der Waals surface area contributed by atoms with E-state index in [1.54, 1.807) is 13.0 Å². The molecule has 20 heavy (non-hydrogen) atoms. The number of aromatic nitrogens is 1. The zero-order valence-corrected chi connectivity index (χ0v) is 11.9. The van der Waals surface area contributed by atoms with Gasteiger partial charge in [0.2, 0.25) is 0 Å². The number of hydrogen-bond donors (Lipinski definition) is 1. The second-order valence-corrected chi connectivity index (χ2v) is 4.91. The molecular weight excluding hydrogens is 278 g/mol. The SMILES string of the molecule is Cc1cccc(CNc2cc(Cl)c([N+](=O)[O-])cc2C)n1. The Bertz CT molecular complexity index is 659. The van der Waals surface area contributed by atoms with Gasteiger partial charge < -0.3 is 5.32 Å². The van der Waals surface area contributed by atoms with Gasteiger partial charge in [-0.3, -0.25) is 15.1 Å². The summed E-state index contributed by atoms with van der Waals surface area (Å²) < 4.78 is 0. The van der Waals surface area contributed by atoms with Crippen LogP contribution in [0.4, 0.5) is 11.4 Å². The highest BCUT2D eigenvalue weighted by Gasteiger charge is 2.14. The van der Waals surface area contributed by atoms with Gasteiger partial charge in [-0.15, -0.1) is 0 Å². The second-order valence-electron chi connectivity index (χ2n) is 4.50. The van der Waals surface area contributed by atoms with Crippen molar-refractivity contribution in [2.75, 3.05) is 5.32 Å². The molecule has 0 spiro atoms. The van der Waals surface area contributed by atoms with Crippen LogP contribution in [0.1, 0.15) is 17.0 Å². The van der Waals surface area contributed by atoms with Gasteiger partial charge in [-0.2, -0.15) is 0 Å². The monoisotopic (exact) mass is 291 g/mol. The molecule has 0 unspecified atom stereocenters. The summed E-state index contributed by atoms with van der Waals surface area (Å²) in [5, 5.41) is 14.1. The summed E-state index contributed by atoms with van der Waals surface area (Å²) in [4.78, 5) is 14.7. The third kappa shape index (κ3) is 3.24. The van der Waals surface area contributed by atoms with E-state index in [9.17, 15) is 10.1 Å². The molecule has 1 heterocycles. The number of aryl methyl sites for hydroxylation is 2. The van der Waals surface area contributed by atoms with Crippen LogP contribution < -0.4 is 5.32 Å². The lowest BCUT2D eigenvalue weighted by Crippen LogP contribution is -2.04. The summed E-state index contributed by atoms with van der Waals surface area (Å²) in [6, 6.07) is 8.83. The maximum Gasteiger partial charge on any atom is 0.288 e. The number of halogens is 1. The summed E-state index contributed by atoms with van der Waals surface area (Å²) in [5.74, 6) is 0. The van der Waals surface area contributed by atoms with Gasteiger partial charge in [-0.25, -0.2) is 0 Å². The number of rotatable bonds is 4. The topological polar surface area (TPSA) is 68.1 Å². The molecule has 0 amide bonds. The fourth-order valence-electron chi connectivity index (χ4n) is 1.88. The van der Waals surface area contributed by atoms with Crippen molar-refractivity contribution in [2.45, 2.75) is 20.4 Å². The van der Waals surface area contributed by atoms with Crippen LogP contribution >= 0.6 is 11.6 Å². The molecule has 0 atom stereocenters. The van der Waals surface area contributed by atoms with E-state index in [2.05, 4.69) is 10.3 Å². The van der Waals surface area contributed by atoms with E-state index in [1.165, 1.54) is 6.07 Å². The van der Waals surface area contributed by atoms with E-state index in [1.807, 2.05) is 25.1 Å². The zero-order valence-electron chi connectivity index (χ0n) is 11.2. The Morgan fingerprint density at radius 3 is 2.75 bits per heavy atom. The van der Waals surface area contributed by atoms with Gasteiger partial charge in [0.25, 0.3) is 5.69 Å². The number of nitrogens with one attached hydrogen (secondary N) is 1. The normalized spacial score (nSPS) is 10.3. The van der Waals surface area contributed by atoms with E-state index in [0.29, 0.717) is 6.54 Å². The Hall–Kier alpha value is -2.14. The fraction of sp³-hybridized carbons (Fsp3) is 0.214. The number of nitrogens with zero attached hydrogens (tertiary/aromatic N) is 2. The van der Waals surface area contributed by atoms with Crippen molar-refractivity contribution in [3.8, 4) is 0 Å². The molecular formula is C14H14ClN3O2. The van der Waals surface area contributed by atoms with Gasteiger partial charge >= 0.3 is 0 Å². The summed E-state index contributed by atoms with van der Waals surface area (Å²) in [6.07, 6.45) is 0. The molecule has 0 aliphatic heterocycles. The predicted molar refractivity (Wildman–Crippen MR) is 79.1 cm³/mol. The van der Waals surface area contributed by atoms with Crippen LogP contribution in [-0.2, 0) is 6.54 Å². The highest BCUT2D eigenvalue weighted by molar-refractivity contribution is 6.33. The minimum absolute atomic E-state index is 0.0802. The fourth-order valence-corrected chi connectivity index (χ4v) is 2.11. The van der Waals surface area contributed by atoms with Crippen molar-refractivity contribution >= 4 is 23.0 Å². The summed E-state index contributed by atoms with van der Waals surface area (Å²) in [7, 11) is 0. The molecule has 0 bridgehead atoms. The van der Waals surface area contributed by atoms with Gasteiger partial charge in [-0.05, 0) is 37.6 Å². The molecule has 1 aromatic carbocycles. The van der Waals surface area contributed by atoms with Gasteiger partial charge in [0.05, 0.1) is 17.2 Å². The first kappa shape index (κ1) is 14.3. The van der Waals surface area contributed by atoms with E-state index in [4.69, 9.17) is 11.6 Å². The molecule has 1 N–H and O–H groups in total. The Balaban J connectivity index is 2.18. The first-order valence-electron chi connectivity index (χ1n) is 6.08. The Kier molecular flexibility index (Phi) is 4.20. The van der Waals surface area contributed by atoms with Crippen molar-refractivity contribution in [3.63, 3.8) is 0 Å². The third-order valence-corrected chi connectivity index (χ3v) is 3.20. The first-order chi connectivity index (χ1) is 9.47. The van der Waals surface area contributed by atoms with Crippen LogP contribution in [0.15, 0.2) is 30.3 Å². The smallest absolute Gasteiger partial charge is 0.288 e. The van der Waals surface area contributed by atoms with Crippen LogP contribution in [0.5, 0.6) is 0 Å². The summed E-state index contributed by atoms with van der Waals surface area (Å²) in [5.41, 5.74) is 3.31. The zero-order chi connectivity index (χ0) is 14.7. The van der Waals surface area contributed by atoms with Crippen molar-refractivity contribution in [2.24, 2.45) is 0 Å². The first-order valence-corrected chi connectivity index (χ1v) is 6.46. The average molecular weight is 292 g/mol. The van der Waals surface area contributed by atoms with Crippen molar-refractivity contribution in [1.29, 1.82) is 0 Å². The Morgan fingerprint density at radius 1 is 1.35 bits per heavy atom. The summed E-state index contributed by atoms with van der Waals surface area (Å²) >= 11 is 5.91. The van der Waals surface area contributed by atoms with Crippen molar-refractivity contribution < 1.29 is 4.92 Å². The molecule has 0 saturated carbocycles. The highest BCUT2D eigenvalue weighted by Crippen LogP contribution is 2.30. The van der Waals surface area contributed by atoms with Gasteiger partial charge in [0.1, 0.15) is 5.02 Å². The molecule has 0 saturated heterocycles. The van der Waals surface area contributed by atoms with Crippen LogP contribution in [0.3, 0.4) is 0 Å². The van der Waals surface area contributed by atoms with E-state index < -0.39 is 4.92 Å². The number of hydrogen-bond acceptors (Lipinski definition) is 4. The molecule has 2 aromatic rings. The van der Waals surface area contributed by atoms with Crippen molar-refractivity contribution in [3.05, 3.63) is 62.4 Å². The van der Waals surface area contributed by atoms with Crippen molar-refractivity contribution in [1.82, 2.24) is 4.98 Å². The molecule has 2 rings (SSSR count). The maximum atomic E-state index is 10.8. The lowest BCUT2D eigenvalue weighted by atomic mass is 10.1. The minimum Gasteiger partial charge on any atom is -0.379 e. The molecule has 6 heteroatoms. The molecule has 1 aromatic heterocycles. The summed E-state index contributed by atoms with van der Waals surface area (Å²) in [6.45, 7) is 4.27. The molecule has 5 nitrogen and oxygen atoms in total. The van der Waals surface area contributed by atoms with E-state index in [-0.39, 0.29) is 10.7 Å². The average Bonchev–Trinajstić information content (AvgIpc) is 2.39. The molecule has 104 valence electrons. The van der Waals surface area contributed by atoms with Gasteiger partial charge in [0, 0.05) is 17.4 Å². The highest BCUT2D eigenvalue weighted by atomic mass is 35.5. The third-order valence-electron chi connectivity index (χ3n) is 2.90. The molecule has 0 radical (unpaired) electrons.